The lowest BCUT2D eigenvalue weighted by Gasteiger charge is -2.26. The van der Waals surface area contributed by atoms with Crippen LogP contribution in [0.3, 0.4) is 0 Å². The third-order valence-electron chi connectivity index (χ3n) is 2.94. The molecule has 3 heteroatoms. The van der Waals surface area contributed by atoms with Crippen molar-refractivity contribution in [3.8, 4) is 0 Å². The van der Waals surface area contributed by atoms with Gasteiger partial charge < -0.3 is 5.32 Å². The topological polar surface area (TPSA) is 29.9 Å². The van der Waals surface area contributed by atoms with Gasteiger partial charge >= 0.3 is 0 Å². The molecule has 0 bridgehead atoms. The molecular formula is C13H25N3. The Bertz CT molecular complexity index is 322. The van der Waals surface area contributed by atoms with Gasteiger partial charge in [-0.3, -0.25) is 4.68 Å². The molecule has 0 amide bonds. The summed E-state index contributed by atoms with van der Waals surface area (Å²) in [6.07, 6.45) is 2.06. The van der Waals surface area contributed by atoms with Crippen LogP contribution in [0.1, 0.15) is 46.4 Å². The van der Waals surface area contributed by atoms with Gasteiger partial charge in [0.15, 0.2) is 0 Å². The fraction of sp³-hybridized carbons (Fsp3) is 0.769. The summed E-state index contributed by atoms with van der Waals surface area (Å²) in [5.41, 5.74) is 1.27. The molecule has 3 nitrogen and oxygen atoms in total. The first-order valence-electron chi connectivity index (χ1n) is 6.06. The van der Waals surface area contributed by atoms with Crippen molar-refractivity contribution in [2.75, 3.05) is 6.54 Å². The van der Waals surface area contributed by atoms with Crippen LogP contribution in [-0.2, 0) is 0 Å². The minimum Gasteiger partial charge on any atom is -0.312 e. The van der Waals surface area contributed by atoms with Crippen molar-refractivity contribution in [2.24, 2.45) is 5.92 Å². The lowest BCUT2D eigenvalue weighted by atomic mass is 10.0. The van der Waals surface area contributed by atoms with Crippen LogP contribution in [0.25, 0.3) is 0 Å². The highest BCUT2D eigenvalue weighted by atomic mass is 15.3. The molecule has 0 spiro atoms. The molecule has 2 atom stereocenters. The molecule has 0 aliphatic rings. The van der Waals surface area contributed by atoms with Crippen LogP contribution in [0, 0.1) is 12.8 Å². The Hall–Kier alpha value is -0.830. The molecule has 1 aromatic rings. The van der Waals surface area contributed by atoms with E-state index < -0.39 is 0 Å². The van der Waals surface area contributed by atoms with E-state index in [1.54, 1.807) is 0 Å². The van der Waals surface area contributed by atoms with Crippen molar-refractivity contribution in [3.63, 3.8) is 0 Å². The number of nitrogens with zero attached hydrogens (tertiary/aromatic N) is 2. The molecule has 16 heavy (non-hydrogen) atoms. The number of rotatable bonds is 4. The first-order valence-corrected chi connectivity index (χ1v) is 6.06. The van der Waals surface area contributed by atoms with Gasteiger partial charge in [0, 0.05) is 18.3 Å². The Morgan fingerprint density at radius 3 is 2.44 bits per heavy atom. The van der Waals surface area contributed by atoms with E-state index in [-0.39, 0.29) is 5.54 Å². The van der Waals surface area contributed by atoms with E-state index >= 15 is 0 Å². The van der Waals surface area contributed by atoms with E-state index in [2.05, 4.69) is 62.0 Å². The molecule has 0 fully saturated rings. The first-order chi connectivity index (χ1) is 7.29. The number of hydrogen-bond acceptors (Lipinski definition) is 2. The third-order valence-corrected chi connectivity index (χ3v) is 2.94. The molecule has 1 rings (SSSR count). The molecule has 0 saturated heterocycles. The van der Waals surface area contributed by atoms with Crippen molar-refractivity contribution >= 4 is 0 Å². The second-order valence-electron chi connectivity index (χ2n) is 5.79. The average molecular weight is 223 g/mol. The van der Waals surface area contributed by atoms with Crippen molar-refractivity contribution in [3.05, 3.63) is 18.0 Å². The summed E-state index contributed by atoms with van der Waals surface area (Å²) in [4.78, 5) is 0. The summed E-state index contributed by atoms with van der Waals surface area (Å²) >= 11 is 0. The zero-order valence-corrected chi connectivity index (χ0v) is 11.4. The van der Waals surface area contributed by atoms with Crippen molar-refractivity contribution in [2.45, 2.75) is 53.1 Å². The molecule has 2 unspecified atom stereocenters. The Labute approximate surface area is 99.2 Å². The highest BCUT2D eigenvalue weighted by Gasteiger charge is 2.17. The molecule has 92 valence electrons. The zero-order chi connectivity index (χ0) is 12.3. The highest BCUT2D eigenvalue weighted by molar-refractivity contribution is 4.96. The molecule has 1 aromatic heterocycles. The summed E-state index contributed by atoms with van der Waals surface area (Å²) in [7, 11) is 0. The van der Waals surface area contributed by atoms with Gasteiger partial charge in [-0.2, -0.15) is 5.10 Å². The quantitative estimate of drug-likeness (QED) is 0.850. The Morgan fingerprint density at radius 1 is 1.38 bits per heavy atom. The zero-order valence-electron chi connectivity index (χ0n) is 11.4. The lowest BCUT2D eigenvalue weighted by Crippen LogP contribution is -2.40. The highest BCUT2D eigenvalue weighted by Crippen LogP contribution is 2.16. The monoisotopic (exact) mass is 223 g/mol. The van der Waals surface area contributed by atoms with E-state index in [0.717, 1.165) is 12.2 Å². The molecule has 1 heterocycles. The summed E-state index contributed by atoms with van der Waals surface area (Å²) in [5.74, 6) is 0.568. The SMILES string of the molecule is Cc1ccn(C(C)C(C)CNC(C)(C)C)n1. The van der Waals surface area contributed by atoms with Crippen LogP contribution in [0.5, 0.6) is 0 Å². The molecule has 0 aromatic carbocycles. The van der Waals surface area contributed by atoms with Gasteiger partial charge in [-0.05, 0) is 46.6 Å². The molecular weight excluding hydrogens is 198 g/mol. The van der Waals surface area contributed by atoms with Crippen LogP contribution in [0.15, 0.2) is 12.3 Å². The standard InChI is InChI=1S/C13H25N3/c1-10(9-14-13(4,5)6)12(3)16-8-7-11(2)15-16/h7-8,10,12,14H,9H2,1-6H3. The normalized spacial score (nSPS) is 16.1. The smallest absolute Gasteiger partial charge is 0.0593 e. The van der Waals surface area contributed by atoms with Gasteiger partial charge in [0.1, 0.15) is 0 Å². The van der Waals surface area contributed by atoms with Crippen LogP contribution in [0.2, 0.25) is 0 Å². The van der Waals surface area contributed by atoms with E-state index in [4.69, 9.17) is 0 Å². The molecule has 1 N–H and O–H groups in total. The Morgan fingerprint density at radius 2 is 2.00 bits per heavy atom. The van der Waals surface area contributed by atoms with Crippen LogP contribution < -0.4 is 5.32 Å². The lowest BCUT2D eigenvalue weighted by molar-refractivity contribution is 0.302. The van der Waals surface area contributed by atoms with Gasteiger partial charge in [-0.1, -0.05) is 6.92 Å². The van der Waals surface area contributed by atoms with Crippen LogP contribution in [0.4, 0.5) is 0 Å². The fourth-order valence-electron chi connectivity index (χ4n) is 1.56. The van der Waals surface area contributed by atoms with E-state index in [0.29, 0.717) is 12.0 Å². The summed E-state index contributed by atoms with van der Waals surface area (Å²) in [6.45, 7) is 14.1. The van der Waals surface area contributed by atoms with Gasteiger partial charge in [0.25, 0.3) is 0 Å². The Kier molecular flexibility index (Phi) is 4.14. The third kappa shape index (κ3) is 3.97. The minimum atomic E-state index is 0.189. The molecule has 0 saturated carbocycles. The minimum absolute atomic E-state index is 0.189. The average Bonchev–Trinajstić information content (AvgIpc) is 2.59. The van der Waals surface area contributed by atoms with E-state index in [9.17, 15) is 0 Å². The van der Waals surface area contributed by atoms with Gasteiger partial charge in [0.2, 0.25) is 0 Å². The predicted molar refractivity (Wildman–Crippen MR) is 68.6 cm³/mol. The van der Waals surface area contributed by atoms with E-state index in [1.807, 2.05) is 6.92 Å². The number of aryl methyl sites for hydroxylation is 1. The number of hydrogen-bond donors (Lipinski definition) is 1. The van der Waals surface area contributed by atoms with E-state index in [1.165, 1.54) is 0 Å². The number of nitrogens with one attached hydrogen (secondary N) is 1. The first kappa shape index (κ1) is 13.2. The molecule has 0 aliphatic heterocycles. The maximum atomic E-state index is 4.46. The van der Waals surface area contributed by atoms with Gasteiger partial charge in [-0.25, -0.2) is 0 Å². The molecule has 0 aliphatic carbocycles. The van der Waals surface area contributed by atoms with Crippen LogP contribution in [-0.4, -0.2) is 21.9 Å². The second-order valence-corrected chi connectivity index (χ2v) is 5.79. The number of aromatic nitrogens is 2. The van der Waals surface area contributed by atoms with Crippen molar-refractivity contribution in [1.29, 1.82) is 0 Å². The summed E-state index contributed by atoms with van der Waals surface area (Å²) < 4.78 is 2.06. The Balaban J connectivity index is 2.51. The maximum absolute atomic E-state index is 4.46. The summed E-state index contributed by atoms with van der Waals surface area (Å²) in [5, 5.41) is 8.00. The van der Waals surface area contributed by atoms with Crippen molar-refractivity contribution in [1.82, 2.24) is 15.1 Å². The largest absolute Gasteiger partial charge is 0.312 e. The predicted octanol–water partition coefficient (Wildman–Crippen LogP) is 2.78. The van der Waals surface area contributed by atoms with Gasteiger partial charge in [-0.15, -0.1) is 0 Å². The van der Waals surface area contributed by atoms with Crippen molar-refractivity contribution < 1.29 is 0 Å². The maximum Gasteiger partial charge on any atom is 0.0593 e. The molecule has 0 radical (unpaired) electrons. The van der Waals surface area contributed by atoms with Crippen LogP contribution >= 0.6 is 0 Å². The van der Waals surface area contributed by atoms with Gasteiger partial charge in [0.05, 0.1) is 11.7 Å². The fourth-order valence-corrected chi connectivity index (χ4v) is 1.56. The second kappa shape index (κ2) is 5.00. The summed E-state index contributed by atoms with van der Waals surface area (Å²) in [6, 6.07) is 2.49.